The minimum Gasteiger partial charge on any atom is -0.463 e. The van der Waals surface area contributed by atoms with Crippen LogP contribution in [0.2, 0.25) is 0 Å². The molecule has 0 radical (unpaired) electrons. The molecule has 6 nitrogen and oxygen atoms in total. The molecule has 0 N–H and O–H groups in total. The third kappa shape index (κ3) is 11.8. The van der Waals surface area contributed by atoms with Crippen LogP contribution in [0.25, 0.3) is 0 Å². The van der Waals surface area contributed by atoms with E-state index < -0.39 is 6.10 Å². The highest BCUT2D eigenvalue weighted by molar-refractivity contribution is 5.87. The van der Waals surface area contributed by atoms with Crippen molar-refractivity contribution < 1.29 is 28.5 Å². The fourth-order valence-electron chi connectivity index (χ4n) is 3.35. The summed E-state index contributed by atoms with van der Waals surface area (Å²) in [6.07, 6.45) is 15.5. The Morgan fingerprint density at radius 3 is 2.65 bits per heavy atom. The SMILES string of the molecule is C#CC[C@@H](C)C[C@@H](OC1CCCCO1)[C@H](/C=C/CC/C=C(\C)C(=O)OCC)OC(C)=O. The Bertz CT molecular complexity index is 639. The molecule has 0 aromatic carbocycles. The minimum atomic E-state index is -0.529. The number of ether oxygens (including phenoxy) is 4. The van der Waals surface area contributed by atoms with E-state index in [1.54, 1.807) is 13.8 Å². The quantitative estimate of drug-likeness (QED) is 0.137. The monoisotopic (exact) mass is 434 g/mol. The molecule has 1 aliphatic heterocycles. The summed E-state index contributed by atoms with van der Waals surface area (Å²) < 4.78 is 22.5. The first-order valence-electron chi connectivity index (χ1n) is 11.3. The van der Waals surface area contributed by atoms with Gasteiger partial charge < -0.3 is 18.9 Å². The van der Waals surface area contributed by atoms with Crippen LogP contribution in [0, 0.1) is 18.3 Å². The third-order valence-electron chi connectivity index (χ3n) is 4.94. The number of hydrogen-bond donors (Lipinski definition) is 0. The van der Waals surface area contributed by atoms with Crippen LogP contribution in [0.3, 0.4) is 0 Å². The molecule has 1 aliphatic rings. The van der Waals surface area contributed by atoms with Gasteiger partial charge in [-0.05, 0) is 64.4 Å². The summed E-state index contributed by atoms with van der Waals surface area (Å²) in [7, 11) is 0. The van der Waals surface area contributed by atoms with Crippen LogP contribution in [0.15, 0.2) is 23.8 Å². The summed E-state index contributed by atoms with van der Waals surface area (Å²) in [6.45, 7) is 8.02. The topological polar surface area (TPSA) is 71.1 Å². The van der Waals surface area contributed by atoms with E-state index in [0.29, 0.717) is 44.5 Å². The summed E-state index contributed by atoms with van der Waals surface area (Å²) >= 11 is 0. The highest BCUT2D eigenvalue weighted by atomic mass is 16.7. The van der Waals surface area contributed by atoms with Crippen molar-refractivity contribution in [3.8, 4) is 12.3 Å². The molecule has 1 heterocycles. The highest BCUT2D eigenvalue weighted by Gasteiger charge is 2.29. The summed E-state index contributed by atoms with van der Waals surface area (Å²) in [5, 5.41) is 0. The van der Waals surface area contributed by atoms with Crippen molar-refractivity contribution in [1.29, 1.82) is 0 Å². The Labute approximate surface area is 187 Å². The van der Waals surface area contributed by atoms with Gasteiger partial charge in [0.05, 0.1) is 6.61 Å². The molecule has 31 heavy (non-hydrogen) atoms. The fourth-order valence-corrected chi connectivity index (χ4v) is 3.35. The van der Waals surface area contributed by atoms with Crippen molar-refractivity contribution in [3.05, 3.63) is 23.8 Å². The van der Waals surface area contributed by atoms with Gasteiger partial charge in [0.1, 0.15) is 12.2 Å². The fraction of sp³-hybridized carbons (Fsp3) is 0.680. The summed E-state index contributed by atoms with van der Waals surface area (Å²) in [6, 6.07) is 0. The second kappa shape index (κ2) is 15.7. The molecule has 4 atom stereocenters. The molecular weight excluding hydrogens is 396 g/mol. The first kappa shape index (κ1) is 26.9. The van der Waals surface area contributed by atoms with Crippen molar-refractivity contribution in [2.45, 2.75) is 91.1 Å². The normalized spacial score (nSPS) is 20.0. The van der Waals surface area contributed by atoms with Crippen LogP contribution in [0.5, 0.6) is 0 Å². The van der Waals surface area contributed by atoms with Crippen LogP contribution in [0.4, 0.5) is 0 Å². The van der Waals surface area contributed by atoms with Crippen LogP contribution < -0.4 is 0 Å². The number of carbonyl (C=O) groups excluding carboxylic acids is 2. The maximum atomic E-state index is 11.7. The predicted molar refractivity (Wildman–Crippen MR) is 120 cm³/mol. The van der Waals surface area contributed by atoms with E-state index in [9.17, 15) is 9.59 Å². The predicted octanol–water partition coefficient (Wildman–Crippen LogP) is 4.73. The molecule has 0 bridgehead atoms. The average Bonchev–Trinajstić information content (AvgIpc) is 2.73. The zero-order valence-corrected chi connectivity index (χ0v) is 19.4. The smallest absolute Gasteiger partial charge is 0.333 e. The van der Waals surface area contributed by atoms with Gasteiger partial charge in [0.2, 0.25) is 0 Å². The van der Waals surface area contributed by atoms with Crippen LogP contribution in [0.1, 0.15) is 72.6 Å². The Kier molecular flexibility index (Phi) is 13.6. The lowest BCUT2D eigenvalue weighted by atomic mass is 9.96. The van der Waals surface area contributed by atoms with E-state index in [0.717, 1.165) is 19.3 Å². The summed E-state index contributed by atoms with van der Waals surface area (Å²) in [5.74, 6) is 2.25. The minimum absolute atomic E-state index is 0.222. The molecule has 0 saturated carbocycles. The zero-order chi connectivity index (χ0) is 23.1. The van der Waals surface area contributed by atoms with E-state index in [1.807, 2.05) is 18.2 Å². The number of esters is 2. The van der Waals surface area contributed by atoms with Crippen molar-refractivity contribution in [1.82, 2.24) is 0 Å². The Hall–Kier alpha value is -2.10. The van der Waals surface area contributed by atoms with Gasteiger partial charge in [-0.15, -0.1) is 12.3 Å². The molecule has 0 aliphatic carbocycles. The number of allylic oxidation sites excluding steroid dienone is 2. The first-order chi connectivity index (χ1) is 14.9. The largest absolute Gasteiger partial charge is 0.463 e. The second-order valence-electron chi connectivity index (χ2n) is 7.91. The van der Waals surface area contributed by atoms with Gasteiger partial charge in [-0.2, -0.15) is 0 Å². The molecule has 174 valence electrons. The lowest BCUT2D eigenvalue weighted by Gasteiger charge is -2.32. The van der Waals surface area contributed by atoms with Gasteiger partial charge in [0.25, 0.3) is 0 Å². The molecule has 1 rings (SSSR count). The molecule has 1 fully saturated rings. The van der Waals surface area contributed by atoms with Crippen molar-refractivity contribution in [2.75, 3.05) is 13.2 Å². The molecule has 0 amide bonds. The van der Waals surface area contributed by atoms with Gasteiger partial charge in [-0.1, -0.05) is 19.1 Å². The first-order valence-corrected chi connectivity index (χ1v) is 11.3. The van der Waals surface area contributed by atoms with Gasteiger partial charge in [-0.25, -0.2) is 4.79 Å². The summed E-state index contributed by atoms with van der Waals surface area (Å²) in [5.41, 5.74) is 0.588. The third-order valence-corrected chi connectivity index (χ3v) is 4.94. The number of rotatable bonds is 13. The molecule has 0 spiro atoms. The lowest BCUT2D eigenvalue weighted by Crippen LogP contribution is -2.38. The molecule has 0 aromatic rings. The number of unbranched alkanes of at least 4 members (excludes halogenated alkanes) is 1. The van der Waals surface area contributed by atoms with Crippen molar-refractivity contribution in [2.24, 2.45) is 5.92 Å². The van der Waals surface area contributed by atoms with Crippen molar-refractivity contribution >= 4 is 11.9 Å². The maximum Gasteiger partial charge on any atom is 0.333 e. The van der Waals surface area contributed by atoms with E-state index in [1.165, 1.54) is 6.92 Å². The van der Waals surface area contributed by atoms with Gasteiger partial charge in [0, 0.05) is 25.5 Å². The van der Waals surface area contributed by atoms with Crippen molar-refractivity contribution in [3.63, 3.8) is 0 Å². The highest BCUT2D eigenvalue weighted by Crippen LogP contribution is 2.24. The number of carbonyl (C=O) groups is 2. The molecular formula is C25H38O6. The van der Waals surface area contributed by atoms with E-state index in [-0.39, 0.29) is 30.3 Å². The Morgan fingerprint density at radius 1 is 1.26 bits per heavy atom. The van der Waals surface area contributed by atoms with Gasteiger partial charge in [-0.3, -0.25) is 4.79 Å². The lowest BCUT2D eigenvalue weighted by molar-refractivity contribution is -0.210. The van der Waals surface area contributed by atoms with E-state index in [2.05, 4.69) is 12.8 Å². The zero-order valence-electron chi connectivity index (χ0n) is 19.4. The van der Waals surface area contributed by atoms with Gasteiger partial charge in [0.15, 0.2) is 6.29 Å². The molecule has 1 unspecified atom stereocenters. The van der Waals surface area contributed by atoms with Crippen LogP contribution >= 0.6 is 0 Å². The number of terminal acetylenes is 1. The van der Waals surface area contributed by atoms with E-state index in [4.69, 9.17) is 25.4 Å². The number of hydrogen-bond acceptors (Lipinski definition) is 6. The Morgan fingerprint density at radius 2 is 2.03 bits per heavy atom. The Balaban J connectivity index is 2.80. The molecule has 1 saturated heterocycles. The van der Waals surface area contributed by atoms with Gasteiger partial charge >= 0.3 is 11.9 Å². The summed E-state index contributed by atoms with van der Waals surface area (Å²) in [4.78, 5) is 23.4. The molecule has 0 aromatic heterocycles. The average molecular weight is 435 g/mol. The van der Waals surface area contributed by atoms with E-state index >= 15 is 0 Å². The van der Waals surface area contributed by atoms with Crippen LogP contribution in [-0.2, 0) is 28.5 Å². The molecule has 6 heteroatoms. The maximum absolute atomic E-state index is 11.7. The second-order valence-corrected chi connectivity index (χ2v) is 7.91. The standard InChI is InChI=1S/C25H38O6/c1-6-13-19(3)18-23(31-24-16-11-12-17-29-24)22(30-21(5)26)15-10-8-9-14-20(4)25(27)28-7-2/h1,10,14-15,19,22-24H,7-9,11-13,16-18H2,2-5H3/b15-10+,20-14+/t19-,22+,23-,24?/m1/s1. The van der Waals surface area contributed by atoms with Crippen LogP contribution in [-0.4, -0.2) is 43.7 Å².